The van der Waals surface area contributed by atoms with Crippen molar-refractivity contribution in [2.24, 2.45) is 0 Å². The number of hydrogen-bond donors (Lipinski definition) is 0. The summed E-state index contributed by atoms with van der Waals surface area (Å²) in [6.07, 6.45) is -6.06. The third-order valence-corrected chi connectivity index (χ3v) is 4.67. The molecule has 34 heavy (non-hydrogen) atoms. The van der Waals surface area contributed by atoms with E-state index in [0.29, 0.717) is 17.3 Å². The molecule has 13 heteroatoms. The zero-order chi connectivity index (χ0) is 24.5. The number of alkyl halides is 6. The van der Waals surface area contributed by atoms with Crippen molar-refractivity contribution in [1.82, 2.24) is 25.0 Å². The lowest BCUT2D eigenvalue weighted by molar-refractivity contribution is -0.143. The van der Waals surface area contributed by atoms with Crippen LogP contribution in [-0.2, 0) is 25.3 Å². The molecule has 4 rings (SSSR count). The molecule has 0 aliphatic rings. The minimum Gasteiger partial charge on any atom is -0.412 e. The fourth-order valence-electron chi connectivity index (χ4n) is 3.10. The third kappa shape index (κ3) is 5.13. The van der Waals surface area contributed by atoms with Gasteiger partial charge in [-0.25, -0.2) is 0 Å². The molecule has 3 aromatic heterocycles. The Morgan fingerprint density at radius 2 is 1.79 bits per heavy atom. The zero-order valence-electron chi connectivity index (χ0n) is 16.9. The van der Waals surface area contributed by atoms with Gasteiger partial charge in [0.25, 0.3) is 11.8 Å². The summed E-state index contributed by atoms with van der Waals surface area (Å²) >= 11 is 0. The highest BCUT2D eigenvalue weighted by molar-refractivity contribution is 5.93. The van der Waals surface area contributed by atoms with Crippen LogP contribution >= 0.6 is 0 Å². The van der Waals surface area contributed by atoms with Crippen molar-refractivity contribution in [3.63, 3.8) is 0 Å². The number of halogens is 6. The van der Waals surface area contributed by atoms with Crippen LogP contribution in [-0.4, -0.2) is 30.7 Å². The molecule has 0 radical (unpaired) electrons. The van der Waals surface area contributed by atoms with Gasteiger partial charge in [-0.05, 0) is 35.4 Å². The van der Waals surface area contributed by atoms with Crippen LogP contribution in [0.3, 0.4) is 0 Å². The van der Waals surface area contributed by atoms with E-state index in [-0.39, 0.29) is 24.3 Å². The van der Waals surface area contributed by atoms with E-state index in [4.69, 9.17) is 4.42 Å². The van der Waals surface area contributed by atoms with Gasteiger partial charge in [0.1, 0.15) is 5.69 Å². The van der Waals surface area contributed by atoms with Gasteiger partial charge >= 0.3 is 12.4 Å². The second-order valence-corrected chi connectivity index (χ2v) is 7.14. The van der Waals surface area contributed by atoms with Gasteiger partial charge in [-0.3, -0.25) is 14.5 Å². The SMILES string of the molecule is O=C(Cc1cnn(Cc2ccc(C(F)(F)F)cc2C(F)(F)F)c1)c1nnc(-c2ccccn2)o1. The molecule has 0 fully saturated rings. The Bertz CT molecular complexity index is 1310. The number of carbonyl (C=O) groups is 1. The maximum Gasteiger partial charge on any atom is 0.416 e. The number of nitrogens with zero attached hydrogens (tertiary/aromatic N) is 5. The maximum atomic E-state index is 13.3. The monoisotopic (exact) mass is 481 g/mol. The molecule has 0 saturated carbocycles. The molecule has 176 valence electrons. The Morgan fingerprint density at radius 1 is 1.00 bits per heavy atom. The van der Waals surface area contributed by atoms with Gasteiger partial charge in [-0.2, -0.15) is 31.4 Å². The highest BCUT2D eigenvalue weighted by Crippen LogP contribution is 2.37. The average Bonchev–Trinajstić information content (AvgIpc) is 3.43. The van der Waals surface area contributed by atoms with Crippen molar-refractivity contribution >= 4 is 5.78 Å². The van der Waals surface area contributed by atoms with Crippen LogP contribution in [0.1, 0.15) is 32.9 Å². The molecule has 0 bridgehead atoms. The average molecular weight is 481 g/mol. The van der Waals surface area contributed by atoms with E-state index in [0.717, 1.165) is 10.7 Å². The Balaban J connectivity index is 1.49. The van der Waals surface area contributed by atoms with Gasteiger partial charge in [0.05, 0.1) is 23.9 Å². The van der Waals surface area contributed by atoms with Crippen LogP contribution in [0, 0.1) is 0 Å². The van der Waals surface area contributed by atoms with E-state index in [9.17, 15) is 31.1 Å². The first-order valence-electron chi connectivity index (χ1n) is 9.57. The number of pyridine rings is 1. The number of carbonyl (C=O) groups excluding carboxylic acids is 1. The molecule has 7 nitrogen and oxygen atoms in total. The summed E-state index contributed by atoms with van der Waals surface area (Å²) in [6, 6.07) is 6.40. The Morgan fingerprint density at radius 3 is 2.47 bits per heavy atom. The smallest absolute Gasteiger partial charge is 0.412 e. The molecule has 1 aromatic carbocycles. The second kappa shape index (κ2) is 8.72. The lowest BCUT2D eigenvalue weighted by Gasteiger charge is -2.16. The van der Waals surface area contributed by atoms with Crippen LogP contribution in [0.15, 0.2) is 59.4 Å². The number of Topliss-reactive ketones (excluding diaryl/α,β-unsaturated/α-hetero) is 1. The number of rotatable bonds is 6. The predicted octanol–water partition coefficient (Wildman–Crippen LogP) is 4.84. The van der Waals surface area contributed by atoms with Crippen LogP contribution in [0.25, 0.3) is 11.6 Å². The number of ketones is 1. The van der Waals surface area contributed by atoms with Crippen molar-refractivity contribution < 1.29 is 35.6 Å². The van der Waals surface area contributed by atoms with Crippen molar-refractivity contribution in [2.45, 2.75) is 25.3 Å². The van der Waals surface area contributed by atoms with Crippen LogP contribution in [0.4, 0.5) is 26.3 Å². The minimum absolute atomic E-state index is 0.0432. The molecule has 0 saturated heterocycles. The van der Waals surface area contributed by atoms with Gasteiger partial charge in [0, 0.05) is 18.8 Å². The lowest BCUT2D eigenvalue weighted by Crippen LogP contribution is -2.15. The number of benzene rings is 1. The molecule has 0 spiro atoms. The van der Waals surface area contributed by atoms with Crippen LogP contribution < -0.4 is 0 Å². The molecular formula is C21H13F6N5O2. The largest absolute Gasteiger partial charge is 0.416 e. The number of hydrogen-bond acceptors (Lipinski definition) is 6. The number of aromatic nitrogens is 5. The highest BCUT2D eigenvalue weighted by Gasteiger charge is 2.38. The predicted molar refractivity (Wildman–Crippen MR) is 103 cm³/mol. The van der Waals surface area contributed by atoms with Crippen molar-refractivity contribution in [3.05, 3.63) is 83.1 Å². The zero-order valence-corrected chi connectivity index (χ0v) is 16.9. The minimum atomic E-state index is -4.99. The van der Waals surface area contributed by atoms with E-state index >= 15 is 0 Å². The first-order chi connectivity index (χ1) is 16.0. The molecule has 0 aliphatic carbocycles. The van der Waals surface area contributed by atoms with Gasteiger partial charge in [0.2, 0.25) is 5.78 Å². The van der Waals surface area contributed by atoms with E-state index in [1.165, 1.54) is 18.6 Å². The standard InChI is InChI=1S/C21H13F6N5O2/c22-20(23,24)14-5-4-13(15(8-14)21(25,26)27)11-32-10-12(9-29-32)7-17(33)19-31-30-18(34-19)16-3-1-2-6-28-16/h1-6,8-10H,7,11H2. The summed E-state index contributed by atoms with van der Waals surface area (Å²) in [7, 11) is 0. The van der Waals surface area contributed by atoms with Gasteiger partial charge in [0.15, 0.2) is 0 Å². The quantitative estimate of drug-likeness (QED) is 0.289. The van der Waals surface area contributed by atoms with Crippen molar-refractivity contribution in [3.8, 4) is 11.6 Å². The van der Waals surface area contributed by atoms with Gasteiger partial charge in [-0.1, -0.05) is 12.1 Å². The summed E-state index contributed by atoms with van der Waals surface area (Å²) in [4.78, 5) is 16.5. The Kier molecular flexibility index (Phi) is 5.94. The van der Waals surface area contributed by atoms with Crippen molar-refractivity contribution in [2.75, 3.05) is 0 Å². The highest BCUT2D eigenvalue weighted by atomic mass is 19.4. The topological polar surface area (TPSA) is 86.7 Å². The Hall–Kier alpha value is -4.03. The summed E-state index contributed by atoms with van der Waals surface area (Å²) in [5, 5.41) is 11.3. The summed E-state index contributed by atoms with van der Waals surface area (Å²) in [5.41, 5.74) is -2.51. The van der Waals surface area contributed by atoms with E-state index < -0.39 is 41.4 Å². The third-order valence-electron chi connectivity index (χ3n) is 4.67. The molecule has 3 heterocycles. The van der Waals surface area contributed by atoms with E-state index in [1.54, 1.807) is 18.2 Å². The molecule has 0 unspecified atom stereocenters. The van der Waals surface area contributed by atoms with E-state index in [2.05, 4.69) is 20.3 Å². The Labute approximate surface area is 187 Å². The van der Waals surface area contributed by atoms with Crippen LogP contribution in [0.2, 0.25) is 0 Å². The van der Waals surface area contributed by atoms with E-state index in [1.807, 2.05) is 0 Å². The maximum absolute atomic E-state index is 13.3. The normalized spacial score (nSPS) is 12.2. The summed E-state index contributed by atoms with van der Waals surface area (Å²) < 4.78 is 84.9. The molecule has 4 aromatic rings. The first kappa shape index (κ1) is 23.1. The van der Waals surface area contributed by atoms with Crippen molar-refractivity contribution in [1.29, 1.82) is 0 Å². The van der Waals surface area contributed by atoms with Crippen LogP contribution in [0.5, 0.6) is 0 Å². The lowest BCUT2D eigenvalue weighted by atomic mass is 10.0. The summed E-state index contributed by atoms with van der Waals surface area (Å²) in [6.45, 7) is -0.453. The van der Waals surface area contributed by atoms with Gasteiger partial charge < -0.3 is 4.42 Å². The molecule has 0 aliphatic heterocycles. The molecule has 0 amide bonds. The van der Waals surface area contributed by atoms with Gasteiger partial charge in [-0.15, -0.1) is 10.2 Å². The molecule has 0 atom stereocenters. The first-order valence-corrected chi connectivity index (χ1v) is 9.57. The molecular weight excluding hydrogens is 468 g/mol. The molecule has 0 N–H and O–H groups in total. The second-order valence-electron chi connectivity index (χ2n) is 7.14. The summed E-state index contributed by atoms with van der Waals surface area (Å²) in [5.74, 6) is -0.795. The fourth-order valence-corrected chi connectivity index (χ4v) is 3.10. The fraction of sp³-hybridized carbons (Fsp3) is 0.190.